The number of hydrogen-bond donors (Lipinski definition) is 1. The summed E-state index contributed by atoms with van der Waals surface area (Å²) in [6.45, 7) is 11.4. The van der Waals surface area contributed by atoms with Crippen molar-refractivity contribution in [2.45, 2.75) is 52.4 Å². The molecule has 0 aromatic carbocycles. The lowest BCUT2D eigenvalue weighted by Crippen LogP contribution is -2.25. The van der Waals surface area contributed by atoms with Gasteiger partial charge in [0.15, 0.2) is 10.9 Å². The van der Waals surface area contributed by atoms with Gasteiger partial charge in [0.05, 0.1) is 25.8 Å². The van der Waals surface area contributed by atoms with Gasteiger partial charge in [-0.25, -0.2) is 9.19 Å². The van der Waals surface area contributed by atoms with E-state index in [0.717, 1.165) is 3.57 Å². The van der Waals surface area contributed by atoms with Crippen molar-refractivity contribution in [2.75, 3.05) is 6.61 Å². The van der Waals surface area contributed by atoms with Crippen molar-refractivity contribution in [1.82, 2.24) is 4.98 Å². The highest BCUT2D eigenvalue weighted by Gasteiger charge is 2.21. The van der Waals surface area contributed by atoms with Crippen LogP contribution >= 0.6 is 34.2 Å². The van der Waals surface area contributed by atoms with Gasteiger partial charge in [-0.15, -0.1) is 0 Å². The van der Waals surface area contributed by atoms with E-state index in [1.54, 1.807) is 13.0 Å². The van der Waals surface area contributed by atoms with Gasteiger partial charge >= 0.3 is 0 Å². The van der Waals surface area contributed by atoms with Crippen molar-refractivity contribution >= 4 is 50.9 Å². The molecule has 1 aromatic heterocycles. The Morgan fingerprint density at radius 2 is 2.04 bits per heavy atom. The summed E-state index contributed by atoms with van der Waals surface area (Å²) in [4.78, 5) is 4.14. The maximum atomic E-state index is 12.2. The molecule has 1 rings (SSSR count). The molecule has 0 aliphatic heterocycles. The molecule has 5 nitrogen and oxygen atoms in total. The number of pyridine rings is 1. The number of aliphatic hydroxyl groups excluding tert-OH is 1. The van der Waals surface area contributed by atoms with E-state index in [-0.39, 0.29) is 17.7 Å². The van der Waals surface area contributed by atoms with Gasteiger partial charge in [0, 0.05) is 0 Å². The van der Waals surface area contributed by atoms with E-state index in [0.29, 0.717) is 17.2 Å². The molecule has 0 amide bonds. The maximum absolute atomic E-state index is 12.2. The SMILES string of the molecule is CC(C)C(COc1c(I)cc(C(C)O)nc1Cl)=NS(=O)C(C)(C)C. The minimum absolute atomic E-state index is 0.0948. The van der Waals surface area contributed by atoms with E-state index in [9.17, 15) is 9.32 Å². The topological polar surface area (TPSA) is 71.8 Å². The van der Waals surface area contributed by atoms with Crippen LogP contribution in [0.4, 0.5) is 0 Å². The molecular weight excluding hydrogens is 463 g/mol. The molecule has 0 saturated carbocycles. The van der Waals surface area contributed by atoms with E-state index < -0.39 is 21.8 Å². The summed E-state index contributed by atoms with van der Waals surface area (Å²) >= 11 is 8.26. The highest BCUT2D eigenvalue weighted by molar-refractivity contribution is 14.1. The van der Waals surface area contributed by atoms with E-state index >= 15 is 0 Å². The van der Waals surface area contributed by atoms with Crippen LogP contribution in [0.15, 0.2) is 10.5 Å². The average Bonchev–Trinajstić information content (AvgIpc) is 2.43. The van der Waals surface area contributed by atoms with E-state index in [1.165, 1.54) is 0 Å². The van der Waals surface area contributed by atoms with Gasteiger partial charge in [-0.2, -0.15) is 4.40 Å². The van der Waals surface area contributed by atoms with Crippen molar-refractivity contribution < 1.29 is 14.1 Å². The van der Waals surface area contributed by atoms with Gasteiger partial charge in [-0.3, -0.25) is 0 Å². The van der Waals surface area contributed by atoms with Crippen LogP contribution < -0.4 is 4.74 Å². The fraction of sp³-hybridized carbons (Fsp3) is 0.625. The first kappa shape index (κ1) is 21.8. The standard InChI is InChI=1S/C16H24ClIN2O3S/c1-9(2)13(20-24(22)16(4,5)6)8-23-14-11(18)7-12(10(3)21)19-15(14)17/h7,9-10,21H,8H2,1-6H3. The summed E-state index contributed by atoms with van der Waals surface area (Å²) in [5.41, 5.74) is 1.19. The normalized spacial score (nSPS) is 15.5. The van der Waals surface area contributed by atoms with Crippen molar-refractivity contribution in [3.63, 3.8) is 0 Å². The smallest absolute Gasteiger partial charge is 0.172 e. The highest BCUT2D eigenvalue weighted by Crippen LogP contribution is 2.31. The van der Waals surface area contributed by atoms with Crippen molar-refractivity contribution in [3.05, 3.63) is 20.5 Å². The summed E-state index contributed by atoms with van der Waals surface area (Å²) in [5, 5.41) is 9.80. The Morgan fingerprint density at radius 3 is 2.46 bits per heavy atom. The van der Waals surface area contributed by atoms with Gasteiger partial charge < -0.3 is 9.84 Å². The predicted octanol–water partition coefficient (Wildman–Crippen LogP) is 4.33. The monoisotopic (exact) mass is 486 g/mol. The maximum Gasteiger partial charge on any atom is 0.172 e. The number of nitrogens with zero attached hydrogens (tertiary/aromatic N) is 2. The number of aromatic nitrogens is 1. The summed E-state index contributed by atoms with van der Waals surface area (Å²) in [7, 11) is -1.34. The van der Waals surface area contributed by atoms with Crippen LogP contribution in [0.2, 0.25) is 5.15 Å². The minimum atomic E-state index is -1.34. The Labute approximate surface area is 165 Å². The molecule has 8 heteroatoms. The van der Waals surface area contributed by atoms with Crippen molar-refractivity contribution in [3.8, 4) is 5.75 Å². The summed E-state index contributed by atoms with van der Waals surface area (Å²) in [5.74, 6) is 0.536. The van der Waals surface area contributed by atoms with Gasteiger partial charge in [0.2, 0.25) is 0 Å². The Morgan fingerprint density at radius 1 is 1.46 bits per heavy atom. The molecule has 2 atom stereocenters. The van der Waals surface area contributed by atoms with Crippen LogP contribution in [-0.4, -0.2) is 31.4 Å². The molecule has 136 valence electrons. The highest BCUT2D eigenvalue weighted by atomic mass is 127. The molecule has 0 radical (unpaired) electrons. The lowest BCUT2D eigenvalue weighted by molar-refractivity contribution is 0.194. The van der Waals surface area contributed by atoms with Crippen LogP contribution in [-0.2, 0) is 11.0 Å². The van der Waals surface area contributed by atoms with Crippen LogP contribution in [0.5, 0.6) is 5.75 Å². The lowest BCUT2D eigenvalue weighted by atomic mass is 10.1. The predicted molar refractivity (Wildman–Crippen MR) is 108 cm³/mol. The Bertz CT molecular complexity index is 620. The number of aliphatic hydroxyl groups is 1. The number of ether oxygens (including phenoxy) is 1. The molecule has 0 fully saturated rings. The second-order valence-electron chi connectivity index (χ2n) is 6.71. The van der Waals surface area contributed by atoms with Crippen molar-refractivity contribution in [1.29, 1.82) is 0 Å². The largest absolute Gasteiger partial charge is 0.483 e. The van der Waals surface area contributed by atoms with Gasteiger partial charge in [0.25, 0.3) is 0 Å². The van der Waals surface area contributed by atoms with Crippen LogP contribution in [0, 0.1) is 9.49 Å². The molecular formula is C16H24ClIN2O3S. The fourth-order valence-corrected chi connectivity index (χ4v) is 3.41. The second kappa shape index (κ2) is 8.91. The van der Waals surface area contributed by atoms with Gasteiger partial charge in [-0.05, 0) is 62.3 Å². The third-order valence-corrected chi connectivity index (χ3v) is 5.59. The molecule has 24 heavy (non-hydrogen) atoms. The number of halogens is 2. The average molecular weight is 487 g/mol. The van der Waals surface area contributed by atoms with Crippen LogP contribution in [0.1, 0.15) is 53.3 Å². The molecule has 1 aromatic rings. The summed E-state index contributed by atoms with van der Waals surface area (Å²) in [6.07, 6.45) is -0.702. The lowest BCUT2D eigenvalue weighted by Gasteiger charge is -2.18. The zero-order valence-corrected chi connectivity index (χ0v) is 18.5. The zero-order valence-electron chi connectivity index (χ0n) is 14.8. The molecule has 1 heterocycles. The first-order chi connectivity index (χ1) is 10.9. The summed E-state index contributed by atoms with van der Waals surface area (Å²) in [6, 6.07) is 1.73. The Kier molecular flexibility index (Phi) is 8.09. The third-order valence-electron chi connectivity index (χ3n) is 3.09. The molecule has 1 N–H and O–H groups in total. The Hall–Kier alpha value is -0.250. The fourth-order valence-electron chi connectivity index (χ4n) is 1.52. The number of rotatable bonds is 6. The zero-order chi connectivity index (χ0) is 18.7. The molecule has 0 saturated heterocycles. The molecule has 0 spiro atoms. The van der Waals surface area contributed by atoms with Crippen LogP contribution in [0.3, 0.4) is 0 Å². The van der Waals surface area contributed by atoms with E-state index in [4.69, 9.17) is 16.3 Å². The quantitative estimate of drug-likeness (QED) is 0.369. The molecule has 2 unspecified atom stereocenters. The third kappa shape index (κ3) is 6.24. The van der Waals surface area contributed by atoms with E-state index in [1.807, 2.05) is 34.6 Å². The first-order valence-electron chi connectivity index (χ1n) is 7.59. The Balaban J connectivity index is 3.01. The van der Waals surface area contributed by atoms with Crippen LogP contribution in [0.25, 0.3) is 0 Å². The van der Waals surface area contributed by atoms with Crippen molar-refractivity contribution in [2.24, 2.45) is 10.3 Å². The molecule has 0 aliphatic carbocycles. The van der Waals surface area contributed by atoms with Gasteiger partial charge in [-0.1, -0.05) is 25.4 Å². The second-order valence-corrected chi connectivity index (χ2v) is 10.1. The molecule has 0 bridgehead atoms. The first-order valence-corrected chi connectivity index (χ1v) is 10.2. The van der Waals surface area contributed by atoms with E-state index in [2.05, 4.69) is 32.0 Å². The number of hydrogen-bond acceptors (Lipinski definition) is 4. The van der Waals surface area contributed by atoms with Gasteiger partial charge in [0.1, 0.15) is 17.6 Å². The molecule has 0 aliphatic rings. The minimum Gasteiger partial charge on any atom is -0.483 e. The summed E-state index contributed by atoms with van der Waals surface area (Å²) < 4.78 is 22.7.